The number of nitrogens with zero attached hydrogens (tertiary/aromatic N) is 3. The van der Waals surface area contributed by atoms with E-state index in [1.54, 1.807) is 4.90 Å². The second-order valence-corrected chi connectivity index (χ2v) is 8.95. The molecule has 5 nitrogen and oxygen atoms in total. The summed E-state index contributed by atoms with van der Waals surface area (Å²) >= 11 is 8.81. The minimum absolute atomic E-state index is 0.0587. The standard InChI is InChI=1S/C19H19ClN4OS2/c1-13(17(25)24(2)12-14-7-4-3-5-8-14)26-19-23-22-18(27-19)21-16-10-6-9-15(20)11-16/h3-11,13H,12H2,1-2H3,(H,21,22)/t13-/m0/s1. The summed E-state index contributed by atoms with van der Waals surface area (Å²) in [6.45, 7) is 2.47. The average Bonchev–Trinajstić information content (AvgIpc) is 3.08. The molecule has 0 aliphatic rings. The Balaban J connectivity index is 1.56. The van der Waals surface area contributed by atoms with Crippen molar-refractivity contribution in [1.29, 1.82) is 0 Å². The Kier molecular flexibility index (Phi) is 6.71. The van der Waals surface area contributed by atoms with Crippen LogP contribution >= 0.6 is 34.7 Å². The fourth-order valence-corrected chi connectivity index (χ4v) is 4.67. The van der Waals surface area contributed by atoms with E-state index in [1.807, 2.05) is 68.6 Å². The Bertz CT molecular complexity index is 903. The van der Waals surface area contributed by atoms with Crippen LogP contribution in [0.3, 0.4) is 0 Å². The monoisotopic (exact) mass is 418 g/mol. The van der Waals surface area contributed by atoms with Gasteiger partial charge in [-0.3, -0.25) is 4.79 Å². The molecule has 1 aromatic heterocycles. The van der Waals surface area contributed by atoms with Gasteiger partial charge in [-0.2, -0.15) is 0 Å². The van der Waals surface area contributed by atoms with E-state index in [0.29, 0.717) is 16.7 Å². The molecule has 27 heavy (non-hydrogen) atoms. The van der Waals surface area contributed by atoms with Gasteiger partial charge in [-0.05, 0) is 30.7 Å². The second kappa shape index (κ2) is 9.21. The zero-order valence-corrected chi connectivity index (χ0v) is 17.3. The van der Waals surface area contributed by atoms with Gasteiger partial charge in [-0.25, -0.2) is 0 Å². The number of hydrogen-bond donors (Lipinski definition) is 1. The highest BCUT2D eigenvalue weighted by molar-refractivity contribution is 8.02. The van der Waals surface area contributed by atoms with Crippen molar-refractivity contribution in [3.63, 3.8) is 0 Å². The van der Waals surface area contributed by atoms with Gasteiger partial charge < -0.3 is 10.2 Å². The predicted octanol–water partition coefficient (Wildman–Crippen LogP) is 5.07. The first-order chi connectivity index (χ1) is 13.0. The minimum Gasteiger partial charge on any atom is -0.340 e. The van der Waals surface area contributed by atoms with Gasteiger partial charge in [0.1, 0.15) is 0 Å². The first-order valence-electron chi connectivity index (χ1n) is 8.33. The van der Waals surface area contributed by atoms with Crippen LogP contribution in [0.15, 0.2) is 58.9 Å². The first-order valence-corrected chi connectivity index (χ1v) is 10.4. The number of rotatable bonds is 7. The van der Waals surface area contributed by atoms with Crippen molar-refractivity contribution in [2.24, 2.45) is 0 Å². The number of amides is 1. The van der Waals surface area contributed by atoms with Crippen molar-refractivity contribution in [1.82, 2.24) is 15.1 Å². The largest absolute Gasteiger partial charge is 0.340 e. The van der Waals surface area contributed by atoms with Crippen LogP contribution in [0, 0.1) is 0 Å². The van der Waals surface area contributed by atoms with Crippen LogP contribution in [0.1, 0.15) is 12.5 Å². The van der Waals surface area contributed by atoms with E-state index in [-0.39, 0.29) is 11.2 Å². The van der Waals surface area contributed by atoms with Gasteiger partial charge >= 0.3 is 0 Å². The lowest BCUT2D eigenvalue weighted by Crippen LogP contribution is -2.32. The minimum atomic E-state index is -0.245. The molecule has 0 aliphatic heterocycles. The zero-order chi connectivity index (χ0) is 19.2. The lowest BCUT2D eigenvalue weighted by atomic mass is 10.2. The lowest BCUT2D eigenvalue weighted by Gasteiger charge is -2.20. The predicted molar refractivity (Wildman–Crippen MR) is 113 cm³/mol. The number of nitrogens with one attached hydrogen (secondary N) is 1. The molecule has 1 amide bonds. The Morgan fingerprint density at radius 2 is 2.00 bits per heavy atom. The maximum Gasteiger partial charge on any atom is 0.235 e. The van der Waals surface area contributed by atoms with Crippen LogP contribution in [0.5, 0.6) is 0 Å². The van der Waals surface area contributed by atoms with Gasteiger partial charge in [0.15, 0.2) is 4.34 Å². The van der Waals surface area contributed by atoms with E-state index < -0.39 is 0 Å². The maximum atomic E-state index is 12.6. The molecule has 0 bridgehead atoms. The van der Waals surface area contributed by atoms with Crippen molar-refractivity contribution >= 4 is 51.4 Å². The number of anilines is 2. The summed E-state index contributed by atoms with van der Waals surface area (Å²) in [5, 5.41) is 12.5. The molecule has 2 aromatic carbocycles. The normalized spacial score (nSPS) is 11.8. The van der Waals surface area contributed by atoms with E-state index in [0.717, 1.165) is 15.6 Å². The van der Waals surface area contributed by atoms with Crippen LogP contribution in [0.2, 0.25) is 5.02 Å². The topological polar surface area (TPSA) is 58.1 Å². The molecule has 140 valence electrons. The van der Waals surface area contributed by atoms with E-state index in [4.69, 9.17) is 11.6 Å². The molecule has 0 radical (unpaired) electrons. The van der Waals surface area contributed by atoms with Crippen LogP contribution in [0.4, 0.5) is 10.8 Å². The molecule has 0 aliphatic carbocycles. The number of benzene rings is 2. The number of carbonyl (C=O) groups excluding carboxylic acids is 1. The lowest BCUT2D eigenvalue weighted by molar-refractivity contribution is -0.129. The van der Waals surface area contributed by atoms with Gasteiger partial charge in [0.2, 0.25) is 11.0 Å². The molecule has 3 aromatic rings. The average molecular weight is 419 g/mol. The summed E-state index contributed by atoms with van der Waals surface area (Å²) in [5.74, 6) is 0.0587. The number of halogens is 1. The van der Waals surface area contributed by atoms with Crippen molar-refractivity contribution in [2.75, 3.05) is 12.4 Å². The maximum absolute atomic E-state index is 12.6. The number of thioether (sulfide) groups is 1. The van der Waals surface area contributed by atoms with E-state index in [9.17, 15) is 4.79 Å². The van der Waals surface area contributed by atoms with Crippen molar-refractivity contribution in [2.45, 2.75) is 23.1 Å². The Hall–Kier alpha value is -2.09. The highest BCUT2D eigenvalue weighted by Gasteiger charge is 2.20. The summed E-state index contributed by atoms with van der Waals surface area (Å²) < 4.78 is 0.744. The number of hydrogen-bond acceptors (Lipinski definition) is 6. The van der Waals surface area contributed by atoms with Gasteiger partial charge in [0.05, 0.1) is 5.25 Å². The third-order valence-corrected chi connectivity index (χ3v) is 5.99. The molecule has 1 heterocycles. The molecule has 1 atom stereocenters. The summed E-state index contributed by atoms with van der Waals surface area (Å²) in [7, 11) is 1.82. The van der Waals surface area contributed by atoms with E-state index in [2.05, 4.69) is 15.5 Å². The van der Waals surface area contributed by atoms with Crippen molar-refractivity contribution < 1.29 is 4.79 Å². The highest BCUT2D eigenvalue weighted by Crippen LogP contribution is 2.31. The fraction of sp³-hybridized carbons (Fsp3) is 0.211. The number of carbonyl (C=O) groups is 1. The number of aromatic nitrogens is 2. The summed E-state index contributed by atoms with van der Waals surface area (Å²) in [6, 6.07) is 17.3. The third kappa shape index (κ3) is 5.69. The SMILES string of the molecule is C[C@H](Sc1nnc(Nc2cccc(Cl)c2)s1)C(=O)N(C)Cc1ccccc1. The molecule has 8 heteroatoms. The van der Waals surface area contributed by atoms with Gasteiger partial charge in [0.25, 0.3) is 0 Å². The smallest absolute Gasteiger partial charge is 0.235 e. The zero-order valence-electron chi connectivity index (χ0n) is 14.9. The highest BCUT2D eigenvalue weighted by atomic mass is 35.5. The Labute approximate surface area is 171 Å². The summed E-state index contributed by atoms with van der Waals surface area (Å²) in [6.07, 6.45) is 0. The van der Waals surface area contributed by atoms with Crippen LogP contribution < -0.4 is 5.32 Å². The molecule has 0 fully saturated rings. The van der Waals surface area contributed by atoms with Crippen molar-refractivity contribution in [3.8, 4) is 0 Å². The summed E-state index contributed by atoms with van der Waals surface area (Å²) in [5.41, 5.74) is 1.95. The molecule has 0 unspecified atom stereocenters. The summed E-state index contributed by atoms with van der Waals surface area (Å²) in [4.78, 5) is 14.4. The quantitative estimate of drug-likeness (QED) is 0.542. The van der Waals surface area contributed by atoms with Gasteiger partial charge in [-0.15, -0.1) is 10.2 Å². The fourth-order valence-electron chi connectivity index (χ4n) is 2.44. The molecule has 0 spiro atoms. The van der Waals surface area contributed by atoms with Gasteiger partial charge in [-0.1, -0.05) is 71.1 Å². The molecular weight excluding hydrogens is 400 g/mol. The van der Waals surface area contributed by atoms with Gasteiger partial charge in [0, 0.05) is 24.3 Å². The Morgan fingerprint density at radius 1 is 1.22 bits per heavy atom. The molecule has 0 saturated carbocycles. The molecular formula is C19H19ClN4OS2. The molecule has 3 rings (SSSR count). The first kappa shape index (κ1) is 19.7. The van der Waals surface area contributed by atoms with Crippen LogP contribution in [-0.4, -0.2) is 33.3 Å². The van der Waals surface area contributed by atoms with Crippen LogP contribution in [-0.2, 0) is 11.3 Å². The van der Waals surface area contributed by atoms with E-state index in [1.165, 1.54) is 23.1 Å². The van der Waals surface area contributed by atoms with Crippen LogP contribution in [0.25, 0.3) is 0 Å². The molecule has 1 N–H and O–H groups in total. The molecule has 0 saturated heterocycles. The van der Waals surface area contributed by atoms with E-state index >= 15 is 0 Å². The second-order valence-electron chi connectivity index (χ2n) is 5.95. The van der Waals surface area contributed by atoms with Crippen molar-refractivity contribution in [3.05, 3.63) is 65.2 Å². The Morgan fingerprint density at radius 3 is 2.74 bits per heavy atom. The third-order valence-electron chi connectivity index (χ3n) is 3.75.